The number of nitrogens with zero attached hydrogens (tertiary/aromatic N) is 1. The minimum Gasteiger partial charge on any atom is -0.370 e. The Bertz CT molecular complexity index is 431. The second-order valence-corrected chi connectivity index (χ2v) is 3.58. The zero-order chi connectivity index (χ0) is 13.2. The number of benzene rings is 1. The average molecular weight is 249 g/mol. The molecule has 0 aliphatic rings. The van der Waals surface area contributed by atoms with Gasteiger partial charge in [0.25, 0.3) is 0 Å². The average Bonchev–Trinajstić information content (AvgIpc) is 2.20. The lowest BCUT2D eigenvalue weighted by Crippen LogP contribution is -2.25. The fourth-order valence-corrected chi connectivity index (χ4v) is 1.12. The van der Waals surface area contributed by atoms with Crippen LogP contribution in [0.3, 0.4) is 0 Å². The fourth-order valence-electron chi connectivity index (χ4n) is 1.12. The van der Waals surface area contributed by atoms with Gasteiger partial charge in [-0.25, -0.2) is 17.6 Å². The third-order valence-electron chi connectivity index (χ3n) is 1.76. The molecular formula is C10H11F4N3. The van der Waals surface area contributed by atoms with E-state index in [2.05, 4.69) is 4.99 Å². The molecule has 0 fully saturated rings. The van der Waals surface area contributed by atoms with Gasteiger partial charge < -0.3 is 11.1 Å². The van der Waals surface area contributed by atoms with Crippen LogP contribution in [0.25, 0.3) is 0 Å². The summed E-state index contributed by atoms with van der Waals surface area (Å²) in [6.07, 6.45) is 0. The van der Waals surface area contributed by atoms with Crippen LogP contribution in [-0.4, -0.2) is 12.0 Å². The van der Waals surface area contributed by atoms with Crippen molar-refractivity contribution in [3.63, 3.8) is 0 Å². The largest absolute Gasteiger partial charge is 0.370 e. The molecule has 0 saturated carbocycles. The molecule has 0 amide bonds. The molecule has 0 bridgehead atoms. The number of aliphatic imine (C=N–C) groups is 1. The SMILES string of the molecule is CC(C)N=C(N)Nc1c(F)c(F)cc(F)c1F. The van der Waals surface area contributed by atoms with Crippen LogP contribution in [0.2, 0.25) is 0 Å². The molecule has 1 rings (SSSR count). The van der Waals surface area contributed by atoms with Gasteiger partial charge in [-0.2, -0.15) is 0 Å². The number of guanidine groups is 1. The van der Waals surface area contributed by atoms with Crippen molar-refractivity contribution in [1.82, 2.24) is 0 Å². The zero-order valence-electron chi connectivity index (χ0n) is 9.19. The molecule has 0 aromatic heterocycles. The van der Waals surface area contributed by atoms with Crippen molar-refractivity contribution in [2.24, 2.45) is 10.7 Å². The number of nitrogens with one attached hydrogen (secondary N) is 1. The summed E-state index contributed by atoms with van der Waals surface area (Å²) >= 11 is 0. The van der Waals surface area contributed by atoms with E-state index in [4.69, 9.17) is 5.73 Å². The molecule has 0 radical (unpaired) electrons. The molecule has 94 valence electrons. The molecule has 0 aliphatic heterocycles. The van der Waals surface area contributed by atoms with Gasteiger partial charge in [-0.3, -0.25) is 4.99 Å². The predicted molar refractivity (Wildman–Crippen MR) is 56.7 cm³/mol. The Kier molecular flexibility index (Phi) is 3.93. The highest BCUT2D eigenvalue weighted by atomic mass is 19.2. The number of hydrogen-bond donors (Lipinski definition) is 2. The minimum atomic E-state index is -1.55. The molecule has 1 aromatic carbocycles. The predicted octanol–water partition coefficient (Wildman–Crippen LogP) is 2.38. The zero-order valence-corrected chi connectivity index (χ0v) is 9.19. The molecule has 3 nitrogen and oxygen atoms in total. The standard InChI is InChI=1S/C10H11F4N3/c1-4(2)16-10(15)17-9-7(13)5(11)3-6(12)8(9)14/h3-4H,1-2H3,(H3,15,16,17). The molecule has 0 atom stereocenters. The van der Waals surface area contributed by atoms with E-state index in [0.717, 1.165) is 0 Å². The first-order valence-electron chi connectivity index (χ1n) is 4.76. The molecular weight excluding hydrogens is 238 g/mol. The number of anilines is 1. The maximum atomic E-state index is 13.2. The van der Waals surface area contributed by atoms with Crippen LogP contribution in [-0.2, 0) is 0 Å². The summed E-state index contributed by atoms with van der Waals surface area (Å²) in [7, 11) is 0. The van der Waals surface area contributed by atoms with Crippen LogP contribution in [0.4, 0.5) is 23.2 Å². The summed E-state index contributed by atoms with van der Waals surface area (Å²) in [4.78, 5) is 3.72. The molecule has 7 heteroatoms. The number of hydrogen-bond acceptors (Lipinski definition) is 1. The van der Waals surface area contributed by atoms with Gasteiger partial charge in [-0.1, -0.05) is 0 Å². The minimum absolute atomic E-state index is 0.117. The van der Waals surface area contributed by atoms with Crippen molar-refractivity contribution < 1.29 is 17.6 Å². The second kappa shape index (κ2) is 5.03. The Labute approximate surface area is 95.3 Å². The monoisotopic (exact) mass is 249 g/mol. The van der Waals surface area contributed by atoms with Gasteiger partial charge in [-0.05, 0) is 13.8 Å². The van der Waals surface area contributed by atoms with Gasteiger partial charge in [0.15, 0.2) is 29.2 Å². The van der Waals surface area contributed by atoms with Crippen LogP contribution in [0, 0.1) is 23.3 Å². The highest BCUT2D eigenvalue weighted by molar-refractivity contribution is 5.92. The van der Waals surface area contributed by atoms with Crippen molar-refractivity contribution in [1.29, 1.82) is 0 Å². The number of halogens is 4. The maximum Gasteiger partial charge on any atom is 0.193 e. The van der Waals surface area contributed by atoms with Crippen molar-refractivity contribution in [3.05, 3.63) is 29.3 Å². The topological polar surface area (TPSA) is 50.4 Å². The smallest absolute Gasteiger partial charge is 0.193 e. The molecule has 17 heavy (non-hydrogen) atoms. The van der Waals surface area contributed by atoms with E-state index >= 15 is 0 Å². The summed E-state index contributed by atoms with van der Waals surface area (Å²) in [6, 6.07) is -0.113. The first-order valence-corrected chi connectivity index (χ1v) is 4.76. The normalized spacial score (nSPS) is 12.1. The lowest BCUT2D eigenvalue weighted by Gasteiger charge is -2.10. The summed E-state index contributed by atoms with van der Waals surface area (Å²) in [5.41, 5.74) is 4.31. The van der Waals surface area contributed by atoms with Gasteiger partial charge >= 0.3 is 0 Å². The summed E-state index contributed by atoms with van der Waals surface area (Å²) in [5, 5.41) is 1.99. The summed E-state index contributed by atoms with van der Waals surface area (Å²) in [6.45, 7) is 3.35. The molecule has 1 aromatic rings. The Morgan fingerprint density at radius 1 is 1.18 bits per heavy atom. The Hall–Kier alpha value is -1.79. The highest BCUT2D eigenvalue weighted by Gasteiger charge is 2.19. The van der Waals surface area contributed by atoms with E-state index in [0.29, 0.717) is 0 Å². The quantitative estimate of drug-likeness (QED) is 0.366. The van der Waals surface area contributed by atoms with E-state index < -0.39 is 29.0 Å². The summed E-state index contributed by atoms with van der Waals surface area (Å²) < 4.78 is 52.0. The van der Waals surface area contributed by atoms with Gasteiger partial charge in [0, 0.05) is 12.1 Å². The van der Waals surface area contributed by atoms with Gasteiger partial charge in [0.1, 0.15) is 5.69 Å². The summed E-state index contributed by atoms with van der Waals surface area (Å²) in [5.74, 6) is -6.45. The van der Waals surface area contributed by atoms with Crippen molar-refractivity contribution in [3.8, 4) is 0 Å². The second-order valence-electron chi connectivity index (χ2n) is 3.58. The van der Waals surface area contributed by atoms with Crippen LogP contribution < -0.4 is 11.1 Å². The van der Waals surface area contributed by atoms with Gasteiger partial charge in [0.05, 0.1) is 0 Å². The van der Waals surface area contributed by atoms with Crippen LogP contribution in [0.1, 0.15) is 13.8 Å². The lowest BCUT2D eigenvalue weighted by atomic mass is 10.2. The van der Waals surface area contributed by atoms with Crippen molar-refractivity contribution in [2.75, 3.05) is 5.32 Å². The number of rotatable bonds is 2. The molecule has 0 heterocycles. The molecule has 3 N–H and O–H groups in total. The highest BCUT2D eigenvalue weighted by Crippen LogP contribution is 2.23. The Morgan fingerprint density at radius 3 is 2.06 bits per heavy atom. The number of nitrogens with two attached hydrogens (primary N) is 1. The molecule has 0 saturated heterocycles. The van der Waals surface area contributed by atoms with Crippen molar-refractivity contribution >= 4 is 11.6 Å². The Balaban J connectivity index is 3.15. The van der Waals surface area contributed by atoms with Crippen LogP contribution >= 0.6 is 0 Å². The Morgan fingerprint density at radius 2 is 1.65 bits per heavy atom. The third-order valence-corrected chi connectivity index (χ3v) is 1.76. The molecule has 0 spiro atoms. The first-order chi connectivity index (χ1) is 7.82. The van der Waals surface area contributed by atoms with E-state index in [9.17, 15) is 17.6 Å². The third kappa shape index (κ3) is 3.08. The van der Waals surface area contributed by atoms with E-state index in [1.165, 1.54) is 0 Å². The van der Waals surface area contributed by atoms with Crippen LogP contribution in [0.15, 0.2) is 11.1 Å². The van der Waals surface area contributed by atoms with E-state index in [1.807, 2.05) is 5.32 Å². The molecule has 0 unspecified atom stereocenters. The fraction of sp³-hybridized carbons (Fsp3) is 0.300. The molecule has 0 aliphatic carbocycles. The van der Waals surface area contributed by atoms with Crippen molar-refractivity contribution in [2.45, 2.75) is 19.9 Å². The maximum absolute atomic E-state index is 13.2. The van der Waals surface area contributed by atoms with Gasteiger partial charge in [0.2, 0.25) is 0 Å². The van der Waals surface area contributed by atoms with Crippen LogP contribution in [0.5, 0.6) is 0 Å². The van der Waals surface area contributed by atoms with Gasteiger partial charge in [-0.15, -0.1) is 0 Å². The first kappa shape index (κ1) is 13.3. The van der Waals surface area contributed by atoms with E-state index in [-0.39, 0.29) is 18.1 Å². The lowest BCUT2D eigenvalue weighted by molar-refractivity contribution is 0.459. The van der Waals surface area contributed by atoms with E-state index in [1.54, 1.807) is 13.8 Å².